The first-order chi connectivity index (χ1) is 25.6. The third kappa shape index (κ3) is 36.8. The zero-order valence-electron chi connectivity index (χ0n) is 32.1. The second kappa shape index (κ2) is 37.0. The fraction of sp³-hybridized carbons (Fsp3) is 0.838. The minimum atomic E-state index is -1.07. The van der Waals surface area contributed by atoms with Crippen molar-refractivity contribution in [3.63, 3.8) is 0 Å². The number of carboxylic acid groups (broad SMARTS) is 2. The van der Waals surface area contributed by atoms with Gasteiger partial charge in [-0.15, -0.1) is 0 Å². The van der Waals surface area contributed by atoms with Crippen LogP contribution in [0.5, 0.6) is 0 Å². The van der Waals surface area contributed by atoms with Gasteiger partial charge in [0.15, 0.2) is 0 Å². The fourth-order valence-electron chi connectivity index (χ4n) is 5.00. The van der Waals surface area contributed by atoms with Crippen LogP contribution in [0.4, 0.5) is 0 Å². The Morgan fingerprint density at radius 2 is 0.887 bits per heavy atom. The number of aliphatic carboxylic acids is 2. The molecule has 0 aromatic rings. The quantitative estimate of drug-likeness (QED) is 0.0497. The van der Waals surface area contributed by atoms with Gasteiger partial charge >= 0.3 is 11.9 Å². The SMILES string of the molecule is CCC(=O)NCCOCCOCCC(=O)NCCOCCOCCC(=O)NCCCC[C@H](NC(=O)CCCCCCCCCCCCC(=O)O)C(=O)O. The molecule has 0 aromatic carbocycles. The molecule has 0 aliphatic rings. The number of amides is 4. The van der Waals surface area contributed by atoms with Crippen molar-refractivity contribution in [2.24, 2.45) is 0 Å². The predicted molar refractivity (Wildman–Crippen MR) is 198 cm³/mol. The number of carboxylic acids is 2. The highest BCUT2D eigenvalue weighted by molar-refractivity contribution is 5.83. The highest BCUT2D eigenvalue weighted by Gasteiger charge is 2.19. The van der Waals surface area contributed by atoms with Crippen LogP contribution in [-0.2, 0) is 47.7 Å². The van der Waals surface area contributed by atoms with E-state index in [2.05, 4.69) is 21.3 Å². The summed E-state index contributed by atoms with van der Waals surface area (Å²) in [6, 6.07) is -0.948. The van der Waals surface area contributed by atoms with E-state index >= 15 is 0 Å². The Hall–Kier alpha value is -3.34. The zero-order chi connectivity index (χ0) is 39.2. The number of ether oxygens (including phenoxy) is 4. The molecular weight excluding hydrogens is 692 g/mol. The van der Waals surface area contributed by atoms with E-state index in [-0.39, 0.29) is 62.5 Å². The number of nitrogens with one attached hydrogen (secondary N) is 4. The van der Waals surface area contributed by atoms with Crippen molar-refractivity contribution in [1.29, 1.82) is 0 Å². The monoisotopic (exact) mass is 760 g/mol. The number of unbranched alkanes of at least 4 members (excludes halogenated alkanes) is 10. The Balaban J connectivity index is 3.60. The minimum Gasteiger partial charge on any atom is -0.481 e. The van der Waals surface area contributed by atoms with Gasteiger partial charge in [-0.3, -0.25) is 24.0 Å². The summed E-state index contributed by atoms with van der Waals surface area (Å²) in [7, 11) is 0. The number of carbonyl (C=O) groups excluding carboxylic acids is 4. The summed E-state index contributed by atoms with van der Waals surface area (Å²) < 4.78 is 21.5. The van der Waals surface area contributed by atoms with Gasteiger partial charge in [-0.25, -0.2) is 4.79 Å². The second-order valence-corrected chi connectivity index (χ2v) is 12.7. The highest BCUT2D eigenvalue weighted by Crippen LogP contribution is 2.12. The number of hydrogen-bond acceptors (Lipinski definition) is 10. The van der Waals surface area contributed by atoms with E-state index < -0.39 is 18.0 Å². The van der Waals surface area contributed by atoms with Crippen LogP contribution in [0, 0.1) is 0 Å². The maximum Gasteiger partial charge on any atom is 0.326 e. The standard InChI is InChI=1S/C37H68N4O12/c1-2-32(42)39-21-25-52-29-27-51-24-19-34(44)40-22-26-53-30-28-50-23-18-33(43)38-20-14-13-15-31(37(48)49)41-35(45)16-11-9-7-5-3-4-6-8-10-12-17-36(46)47/h31H,2-30H2,1H3,(H,38,43)(H,39,42)(H,40,44)(H,41,45)(H,46,47)(H,48,49)/t31-/m0/s1. The number of hydrogen-bond donors (Lipinski definition) is 6. The van der Waals surface area contributed by atoms with Crippen molar-refractivity contribution in [2.75, 3.05) is 72.5 Å². The molecule has 4 amide bonds. The van der Waals surface area contributed by atoms with Gasteiger partial charge in [0.05, 0.1) is 52.9 Å². The zero-order valence-corrected chi connectivity index (χ0v) is 32.1. The molecule has 0 aromatic heterocycles. The molecule has 0 unspecified atom stereocenters. The van der Waals surface area contributed by atoms with Gasteiger partial charge in [0.25, 0.3) is 0 Å². The van der Waals surface area contributed by atoms with E-state index in [4.69, 9.17) is 24.1 Å². The van der Waals surface area contributed by atoms with Crippen LogP contribution < -0.4 is 21.3 Å². The maximum atomic E-state index is 12.3. The average molecular weight is 761 g/mol. The molecule has 16 nitrogen and oxygen atoms in total. The van der Waals surface area contributed by atoms with Gasteiger partial charge in [0.2, 0.25) is 23.6 Å². The normalized spacial score (nSPS) is 11.5. The third-order valence-electron chi connectivity index (χ3n) is 8.07. The van der Waals surface area contributed by atoms with Crippen molar-refractivity contribution in [3.05, 3.63) is 0 Å². The summed E-state index contributed by atoms with van der Waals surface area (Å²) in [5.41, 5.74) is 0. The summed E-state index contributed by atoms with van der Waals surface area (Å²) in [6.07, 6.45) is 12.7. The molecule has 0 spiro atoms. The Labute approximate surface area is 315 Å². The van der Waals surface area contributed by atoms with E-state index in [0.717, 1.165) is 64.2 Å². The summed E-state index contributed by atoms with van der Waals surface area (Å²) in [6.45, 7) is 5.63. The molecule has 0 heterocycles. The van der Waals surface area contributed by atoms with E-state index in [1.165, 1.54) is 0 Å². The molecular formula is C37H68N4O12. The molecule has 0 bridgehead atoms. The lowest BCUT2D eigenvalue weighted by Crippen LogP contribution is -2.40. The summed E-state index contributed by atoms with van der Waals surface area (Å²) in [5.74, 6) is -2.39. The number of carbonyl (C=O) groups is 6. The molecule has 16 heteroatoms. The molecule has 0 saturated carbocycles. The molecule has 0 saturated heterocycles. The first-order valence-corrected chi connectivity index (χ1v) is 19.5. The molecule has 1 atom stereocenters. The van der Waals surface area contributed by atoms with Crippen LogP contribution in [0.2, 0.25) is 0 Å². The first-order valence-electron chi connectivity index (χ1n) is 19.5. The molecule has 0 aliphatic heterocycles. The van der Waals surface area contributed by atoms with E-state index in [0.29, 0.717) is 85.0 Å². The molecule has 6 N–H and O–H groups in total. The average Bonchev–Trinajstić information content (AvgIpc) is 3.12. The van der Waals surface area contributed by atoms with Crippen LogP contribution in [0.15, 0.2) is 0 Å². The van der Waals surface area contributed by atoms with Crippen molar-refractivity contribution >= 4 is 35.6 Å². The van der Waals surface area contributed by atoms with Gasteiger partial charge in [-0.2, -0.15) is 0 Å². The second-order valence-electron chi connectivity index (χ2n) is 12.7. The highest BCUT2D eigenvalue weighted by atomic mass is 16.5. The van der Waals surface area contributed by atoms with Gasteiger partial charge in [0, 0.05) is 51.7 Å². The summed E-state index contributed by atoms with van der Waals surface area (Å²) >= 11 is 0. The first kappa shape index (κ1) is 49.7. The Morgan fingerprint density at radius 3 is 1.36 bits per heavy atom. The van der Waals surface area contributed by atoms with E-state index in [1.807, 2.05) is 0 Å². The lowest BCUT2D eigenvalue weighted by atomic mass is 10.0. The van der Waals surface area contributed by atoms with E-state index in [1.54, 1.807) is 6.92 Å². The van der Waals surface area contributed by atoms with Crippen LogP contribution in [0.3, 0.4) is 0 Å². The maximum absolute atomic E-state index is 12.3. The molecule has 308 valence electrons. The molecule has 53 heavy (non-hydrogen) atoms. The van der Waals surface area contributed by atoms with Crippen molar-refractivity contribution in [3.8, 4) is 0 Å². The topological polar surface area (TPSA) is 228 Å². The van der Waals surface area contributed by atoms with E-state index in [9.17, 15) is 33.9 Å². The van der Waals surface area contributed by atoms with Crippen LogP contribution in [0.1, 0.15) is 122 Å². The Bertz CT molecular complexity index is 985. The summed E-state index contributed by atoms with van der Waals surface area (Å²) in [4.78, 5) is 69.3. The van der Waals surface area contributed by atoms with Crippen LogP contribution >= 0.6 is 0 Å². The van der Waals surface area contributed by atoms with Crippen molar-refractivity contribution in [2.45, 2.75) is 129 Å². The Kier molecular flexibility index (Phi) is 34.7. The third-order valence-corrected chi connectivity index (χ3v) is 8.07. The predicted octanol–water partition coefficient (Wildman–Crippen LogP) is 3.10. The number of rotatable bonds is 39. The molecule has 0 rings (SSSR count). The summed E-state index contributed by atoms with van der Waals surface area (Å²) in [5, 5.41) is 29.0. The smallest absolute Gasteiger partial charge is 0.326 e. The molecule has 0 aliphatic carbocycles. The largest absolute Gasteiger partial charge is 0.481 e. The lowest BCUT2D eigenvalue weighted by molar-refractivity contribution is -0.142. The van der Waals surface area contributed by atoms with Gasteiger partial charge in [0.1, 0.15) is 6.04 Å². The molecule has 0 radical (unpaired) electrons. The Morgan fingerprint density at radius 1 is 0.453 bits per heavy atom. The minimum absolute atomic E-state index is 0.0176. The molecule has 0 fully saturated rings. The fourth-order valence-corrected chi connectivity index (χ4v) is 5.00. The van der Waals surface area contributed by atoms with Crippen molar-refractivity contribution in [1.82, 2.24) is 21.3 Å². The van der Waals surface area contributed by atoms with Crippen LogP contribution in [-0.4, -0.2) is 124 Å². The van der Waals surface area contributed by atoms with Gasteiger partial charge < -0.3 is 50.4 Å². The van der Waals surface area contributed by atoms with Gasteiger partial charge in [-0.1, -0.05) is 58.3 Å². The van der Waals surface area contributed by atoms with Crippen LogP contribution in [0.25, 0.3) is 0 Å². The van der Waals surface area contributed by atoms with Crippen molar-refractivity contribution < 1.29 is 57.9 Å². The lowest BCUT2D eigenvalue weighted by Gasteiger charge is -2.14. The van der Waals surface area contributed by atoms with Gasteiger partial charge in [-0.05, 0) is 32.1 Å².